The molecule has 616 valence electrons. The first-order valence-corrected chi connectivity index (χ1v) is 37.7. The number of carbonyl (C=O) groups is 20. The molecule has 0 unspecified atom stereocenters. The van der Waals surface area contributed by atoms with Gasteiger partial charge in [0.25, 0.3) is 0 Å². The molecule has 0 atom stereocenters. The van der Waals surface area contributed by atoms with Crippen molar-refractivity contribution in [2.24, 2.45) is 37.9 Å². The van der Waals surface area contributed by atoms with Crippen LogP contribution in [0, 0.1) is 37.9 Å². The maximum atomic E-state index is 13.5. The summed E-state index contributed by atoms with van der Waals surface area (Å²) in [7, 11) is 0. The van der Waals surface area contributed by atoms with E-state index in [0.29, 0.717) is 0 Å². The number of Topliss-reactive ketones (excluding diaryl/α,β-unsaturated/α-hetero) is 10. The monoisotopic (exact) mass is 1550 g/mol. The Bertz CT molecular complexity index is 2780. The van der Waals surface area contributed by atoms with E-state index >= 15 is 0 Å². The van der Waals surface area contributed by atoms with E-state index in [1.165, 1.54) is 55.4 Å². The zero-order valence-electron chi connectivity index (χ0n) is 67.2. The fraction of sp³-hybridized carbons (Fsp3) is 0.747. The molecule has 0 aliphatic carbocycles. The van der Waals surface area contributed by atoms with Crippen LogP contribution in [-0.4, -0.2) is 184 Å². The number of hydrogen-bond donors (Lipinski definition) is 0. The first-order valence-electron chi connectivity index (χ1n) is 37.7. The smallest absolute Gasteiger partial charge is 0.305 e. The van der Waals surface area contributed by atoms with Crippen LogP contribution in [0.15, 0.2) is 0 Å². The summed E-state index contributed by atoms with van der Waals surface area (Å²) in [6, 6.07) is 0. The highest BCUT2D eigenvalue weighted by Crippen LogP contribution is 2.40. The molecule has 0 aromatic heterocycles. The van der Waals surface area contributed by atoms with Gasteiger partial charge in [0.2, 0.25) is 0 Å². The van der Waals surface area contributed by atoms with Crippen molar-refractivity contribution in [3.05, 3.63) is 0 Å². The summed E-state index contributed by atoms with van der Waals surface area (Å²) < 4.78 is 54.0. The second-order valence-electron chi connectivity index (χ2n) is 28.2. The molecule has 0 saturated carbocycles. The maximum Gasteiger partial charge on any atom is 0.305 e. The summed E-state index contributed by atoms with van der Waals surface area (Å²) >= 11 is 0. The van der Waals surface area contributed by atoms with Crippen molar-refractivity contribution < 1.29 is 143 Å². The zero-order valence-corrected chi connectivity index (χ0v) is 67.2. The van der Waals surface area contributed by atoms with E-state index in [9.17, 15) is 95.9 Å². The fourth-order valence-electron chi connectivity index (χ4n) is 13.2. The standard InChI is InChI=1S/C79H120O30/c1-17-73(49-106-69(96)31-43-75(53(7)80,54(8)81)37-25-63(90)100-19-3,50-107-70(97)32-44-76(55(9)82,56(10)83)38-26-64(91)101-20-4)35-23-47-104-67(94)29-41-79(61(15)88,62(16)89)42-30-68(95)105-48-24-36-74(18-2,51-108-71(98)33-45-77(57(11)84,58(12)85)39-27-65(92)102-21-5)52-109-72(99)34-46-78(59(13)86,60(14)87)40-28-66(93)103-22-6/h17-52H2,1-16H3. The predicted molar refractivity (Wildman–Crippen MR) is 388 cm³/mol. The van der Waals surface area contributed by atoms with E-state index < -0.39 is 233 Å². The summed E-state index contributed by atoms with van der Waals surface area (Å²) in [6.07, 6.45) is -6.42. The number of esters is 10. The molecular formula is C79H120O30. The quantitative estimate of drug-likeness (QED) is 0.0236. The van der Waals surface area contributed by atoms with Gasteiger partial charge < -0.3 is 47.4 Å². The number of ketones is 10. The molecule has 30 heteroatoms. The molecule has 0 rings (SSSR count). The van der Waals surface area contributed by atoms with E-state index in [1.54, 1.807) is 41.5 Å². The van der Waals surface area contributed by atoms with Gasteiger partial charge in [-0.1, -0.05) is 13.8 Å². The zero-order chi connectivity index (χ0) is 83.6. The lowest BCUT2D eigenvalue weighted by atomic mass is 9.73. The second-order valence-corrected chi connectivity index (χ2v) is 28.2. The van der Waals surface area contributed by atoms with E-state index in [-0.39, 0.29) is 155 Å². The molecule has 0 aliphatic rings. The Morgan fingerprint density at radius 3 is 0.459 bits per heavy atom. The summed E-state index contributed by atoms with van der Waals surface area (Å²) in [5.74, 6) is -13.7. The first-order chi connectivity index (χ1) is 51.0. The van der Waals surface area contributed by atoms with E-state index in [4.69, 9.17) is 47.4 Å². The topological polar surface area (TPSA) is 434 Å². The molecule has 109 heavy (non-hydrogen) atoms. The van der Waals surface area contributed by atoms with Crippen LogP contribution in [0.4, 0.5) is 0 Å². The van der Waals surface area contributed by atoms with Gasteiger partial charge in [-0.05, 0) is 200 Å². The lowest BCUT2D eigenvalue weighted by Gasteiger charge is -2.33. The highest BCUT2D eigenvalue weighted by Gasteiger charge is 2.47. The summed E-state index contributed by atoms with van der Waals surface area (Å²) in [5, 5.41) is 0. The molecule has 30 nitrogen and oxygen atoms in total. The predicted octanol–water partition coefficient (Wildman–Crippen LogP) is 9.48. The van der Waals surface area contributed by atoms with Crippen LogP contribution >= 0.6 is 0 Å². The van der Waals surface area contributed by atoms with Crippen LogP contribution in [0.2, 0.25) is 0 Å². The largest absolute Gasteiger partial charge is 0.466 e. The van der Waals surface area contributed by atoms with Gasteiger partial charge in [-0.15, -0.1) is 0 Å². The third-order valence-electron chi connectivity index (χ3n) is 21.4. The second kappa shape index (κ2) is 49.5. The summed E-state index contributed by atoms with van der Waals surface area (Å²) in [6.45, 7) is 19.4. The minimum Gasteiger partial charge on any atom is -0.466 e. The molecule has 0 N–H and O–H groups in total. The summed E-state index contributed by atoms with van der Waals surface area (Å²) in [4.78, 5) is 261. The van der Waals surface area contributed by atoms with Crippen molar-refractivity contribution in [2.75, 3.05) is 66.1 Å². The van der Waals surface area contributed by atoms with E-state index in [0.717, 1.165) is 13.8 Å². The van der Waals surface area contributed by atoms with Gasteiger partial charge >= 0.3 is 59.7 Å². The average molecular weight is 1550 g/mol. The lowest BCUT2D eigenvalue weighted by molar-refractivity contribution is -0.159. The average Bonchev–Trinajstić information content (AvgIpc) is 0.839. The first kappa shape index (κ1) is 100. The molecule has 0 heterocycles. The minimum atomic E-state index is -1.87. The molecule has 0 fully saturated rings. The van der Waals surface area contributed by atoms with Gasteiger partial charge in [0.15, 0.2) is 0 Å². The molecule has 0 spiro atoms. The van der Waals surface area contributed by atoms with Crippen molar-refractivity contribution >= 4 is 118 Å². The molecule has 0 saturated heterocycles. The third kappa shape index (κ3) is 32.9. The Kier molecular flexibility index (Phi) is 45.6. The Hall–Kier alpha value is -8.60. The Balaban J connectivity index is 6.70. The lowest BCUT2D eigenvalue weighted by Crippen LogP contribution is -2.39. The van der Waals surface area contributed by atoms with Crippen molar-refractivity contribution in [1.29, 1.82) is 0 Å². The minimum absolute atomic E-state index is 0.0376. The molecule has 0 aliphatic heterocycles. The molecule has 0 radical (unpaired) electrons. The Morgan fingerprint density at radius 2 is 0.330 bits per heavy atom. The molecule has 0 aromatic carbocycles. The van der Waals surface area contributed by atoms with Gasteiger partial charge in [-0.2, -0.15) is 0 Å². The van der Waals surface area contributed by atoms with Crippen LogP contribution in [0.3, 0.4) is 0 Å². The van der Waals surface area contributed by atoms with Gasteiger partial charge in [-0.3, -0.25) is 95.9 Å². The van der Waals surface area contributed by atoms with Crippen LogP contribution in [0.1, 0.15) is 278 Å². The highest BCUT2D eigenvalue weighted by molar-refractivity contribution is 6.08. The van der Waals surface area contributed by atoms with Crippen molar-refractivity contribution in [3.63, 3.8) is 0 Å². The number of carbonyl (C=O) groups excluding carboxylic acids is 20. The van der Waals surface area contributed by atoms with Gasteiger partial charge in [-0.25, -0.2) is 0 Å². The molecule has 0 amide bonds. The van der Waals surface area contributed by atoms with Crippen LogP contribution < -0.4 is 0 Å². The number of rotatable bonds is 62. The molecular weight excluding hydrogens is 1430 g/mol. The van der Waals surface area contributed by atoms with Crippen LogP contribution in [0.25, 0.3) is 0 Å². The normalized spacial score (nSPS) is 11.9. The summed E-state index contributed by atoms with van der Waals surface area (Å²) in [5.41, 5.74) is -11.2. The Morgan fingerprint density at radius 1 is 0.193 bits per heavy atom. The van der Waals surface area contributed by atoms with Crippen molar-refractivity contribution in [2.45, 2.75) is 278 Å². The van der Waals surface area contributed by atoms with Crippen LogP contribution in [0.5, 0.6) is 0 Å². The third-order valence-corrected chi connectivity index (χ3v) is 21.4. The van der Waals surface area contributed by atoms with E-state index in [1.807, 2.05) is 0 Å². The number of ether oxygens (including phenoxy) is 10. The van der Waals surface area contributed by atoms with Gasteiger partial charge in [0, 0.05) is 75.0 Å². The molecule has 0 bridgehead atoms. The fourth-order valence-corrected chi connectivity index (χ4v) is 13.2. The maximum absolute atomic E-state index is 13.5. The number of hydrogen-bond acceptors (Lipinski definition) is 30. The van der Waals surface area contributed by atoms with Gasteiger partial charge in [0.1, 0.15) is 84.3 Å². The van der Waals surface area contributed by atoms with Gasteiger partial charge in [0.05, 0.1) is 66.7 Å². The highest BCUT2D eigenvalue weighted by atomic mass is 16.6. The Labute approximate surface area is 640 Å². The van der Waals surface area contributed by atoms with Crippen molar-refractivity contribution in [1.82, 2.24) is 0 Å². The van der Waals surface area contributed by atoms with Crippen molar-refractivity contribution in [3.8, 4) is 0 Å². The SMILES string of the molecule is CCOC(=O)CCC(CCC(=O)OCC(CC)(CCCOC(=O)CCC(CCC(=O)OCCCC(CC)(COC(=O)CCC(CCC(=O)OCC)(C(C)=O)C(C)=O)COC(=O)CCC(CCC(=O)OCC)(C(C)=O)C(C)=O)(C(C)=O)C(C)=O)COC(=O)CCC(CCC(=O)OCC)(C(C)=O)C(C)=O)(C(C)=O)C(C)=O. The molecule has 0 aromatic rings. The van der Waals surface area contributed by atoms with E-state index in [2.05, 4.69) is 0 Å². The van der Waals surface area contributed by atoms with Crippen LogP contribution in [-0.2, 0) is 143 Å².